The number of anilines is 2. The molecule has 0 saturated carbocycles. The van der Waals surface area contributed by atoms with Crippen molar-refractivity contribution in [2.24, 2.45) is 0 Å². The van der Waals surface area contributed by atoms with E-state index in [1.807, 2.05) is 31.7 Å². The van der Waals surface area contributed by atoms with E-state index in [2.05, 4.69) is 15.3 Å². The zero-order chi connectivity index (χ0) is 26.1. The van der Waals surface area contributed by atoms with Crippen LogP contribution in [0.4, 0.5) is 15.9 Å². The number of ether oxygens (including phenoxy) is 2. The number of aliphatic carboxylic acids is 1. The van der Waals surface area contributed by atoms with Gasteiger partial charge in [0.1, 0.15) is 23.9 Å². The molecule has 3 aromatic rings. The molecule has 0 aliphatic heterocycles. The highest BCUT2D eigenvalue weighted by molar-refractivity contribution is 6.31. The number of fused-ring (bicyclic) bond motifs is 1. The Bertz CT molecular complexity index is 1150. The average molecular weight is 507 g/mol. The number of benzene rings is 2. The fraction of sp³-hybridized carbons (Fsp3) is 0.400. The van der Waals surface area contributed by atoms with Crippen LogP contribution in [0, 0.1) is 5.82 Å². The maximum atomic E-state index is 14.5. The summed E-state index contributed by atoms with van der Waals surface area (Å²) in [6, 6.07) is 7.28. The lowest BCUT2D eigenvalue weighted by Gasteiger charge is -2.32. The molecule has 2 N–H and O–H groups in total. The molecule has 0 amide bonds. The summed E-state index contributed by atoms with van der Waals surface area (Å²) in [6.07, 6.45) is 1.37. The number of aromatic nitrogens is 2. The fourth-order valence-corrected chi connectivity index (χ4v) is 3.79. The molecule has 3 rings (SSSR count). The standard InChI is InChI=1S/C23H26ClFN4O4.C2H6/c1-13(11-32-3)29(14(2)23(30)31)10-15-8-16-19(9-20(15)33-4)26-12-27-22(16)28-18-7-5-6-17(24)21(18)25;1-2/h5-9,12-14H,10-11H2,1-4H3,(H,30,31)(H,26,27,28);1-2H3/t13?,14-;/m1./s1. The van der Waals surface area contributed by atoms with Crippen molar-refractivity contribution in [2.75, 3.05) is 26.1 Å². The van der Waals surface area contributed by atoms with Crippen molar-refractivity contribution in [3.63, 3.8) is 0 Å². The minimum atomic E-state index is -0.945. The molecule has 35 heavy (non-hydrogen) atoms. The Hall–Kier alpha value is -3.01. The molecule has 2 atom stereocenters. The summed E-state index contributed by atoms with van der Waals surface area (Å²) in [6.45, 7) is 8.16. The highest BCUT2D eigenvalue weighted by Gasteiger charge is 2.27. The number of rotatable bonds is 10. The Morgan fingerprint density at radius 2 is 1.94 bits per heavy atom. The number of carboxylic acids is 1. The molecule has 0 fully saturated rings. The largest absolute Gasteiger partial charge is 0.496 e. The number of hydrogen-bond donors (Lipinski definition) is 2. The third-order valence-corrected chi connectivity index (χ3v) is 5.72. The maximum absolute atomic E-state index is 14.5. The first-order valence-electron chi connectivity index (χ1n) is 11.3. The van der Waals surface area contributed by atoms with E-state index in [4.69, 9.17) is 21.1 Å². The molecule has 0 aliphatic rings. The number of carbonyl (C=O) groups is 1. The molecule has 0 aliphatic carbocycles. The van der Waals surface area contributed by atoms with E-state index in [0.717, 1.165) is 5.56 Å². The summed E-state index contributed by atoms with van der Waals surface area (Å²) in [5, 5.41) is 13.2. The number of hydrogen-bond acceptors (Lipinski definition) is 7. The van der Waals surface area contributed by atoms with Gasteiger partial charge in [-0.1, -0.05) is 31.5 Å². The van der Waals surface area contributed by atoms with Gasteiger partial charge in [-0.05, 0) is 32.0 Å². The molecule has 0 radical (unpaired) electrons. The number of nitrogens with zero attached hydrogens (tertiary/aromatic N) is 3. The van der Waals surface area contributed by atoms with E-state index in [0.29, 0.717) is 29.1 Å². The molecule has 1 unspecified atom stereocenters. The van der Waals surface area contributed by atoms with Crippen molar-refractivity contribution in [1.29, 1.82) is 0 Å². The fourth-order valence-electron chi connectivity index (χ4n) is 3.62. The molecule has 0 saturated heterocycles. The molecule has 190 valence electrons. The molecule has 1 aromatic heterocycles. The van der Waals surface area contributed by atoms with Gasteiger partial charge < -0.3 is 19.9 Å². The normalized spacial score (nSPS) is 12.6. The lowest BCUT2D eigenvalue weighted by molar-refractivity contribution is -0.144. The van der Waals surface area contributed by atoms with Crippen LogP contribution in [0.5, 0.6) is 5.75 Å². The van der Waals surface area contributed by atoms with Gasteiger partial charge in [0.15, 0.2) is 5.82 Å². The zero-order valence-electron chi connectivity index (χ0n) is 20.8. The number of nitrogens with one attached hydrogen (secondary N) is 1. The Kier molecular flexibility index (Phi) is 10.6. The van der Waals surface area contributed by atoms with Gasteiger partial charge in [-0.2, -0.15) is 0 Å². The molecule has 10 heteroatoms. The second kappa shape index (κ2) is 13.2. The molecule has 1 heterocycles. The topological polar surface area (TPSA) is 96.8 Å². The van der Waals surface area contributed by atoms with Crippen LogP contribution < -0.4 is 10.1 Å². The maximum Gasteiger partial charge on any atom is 0.320 e. The van der Waals surface area contributed by atoms with Gasteiger partial charge in [0, 0.05) is 36.7 Å². The first kappa shape index (κ1) is 28.2. The van der Waals surface area contributed by atoms with Crippen molar-refractivity contribution >= 4 is 40.0 Å². The molecule has 0 spiro atoms. The highest BCUT2D eigenvalue weighted by atomic mass is 35.5. The average Bonchev–Trinajstić information content (AvgIpc) is 2.85. The van der Waals surface area contributed by atoms with Crippen LogP contribution in [0.15, 0.2) is 36.7 Å². The first-order valence-corrected chi connectivity index (χ1v) is 11.6. The van der Waals surface area contributed by atoms with Crippen LogP contribution in [0.2, 0.25) is 5.02 Å². The Morgan fingerprint density at radius 3 is 2.57 bits per heavy atom. The quantitative estimate of drug-likeness (QED) is 0.371. The van der Waals surface area contributed by atoms with Crippen molar-refractivity contribution in [2.45, 2.75) is 46.3 Å². The van der Waals surface area contributed by atoms with Gasteiger partial charge in [-0.3, -0.25) is 9.69 Å². The van der Waals surface area contributed by atoms with Gasteiger partial charge in [0.25, 0.3) is 0 Å². The molecular formula is C25H32ClFN4O4. The monoisotopic (exact) mass is 506 g/mol. The Balaban J connectivity index is 0.00000210. The molecule has 0 bridgehead atoms. The second-order valence-corrected chi connectivity index (χ2v) is 8.03. The summed E-state index contributed by atoms with van der Waals surface area (Å²) in [7, 11) is 3.11. The molecular weight excluding hydrogens is 475 g/mol. The van der Waals surface area contributed by atoms with E-state index < -0.39 is 17.8 Å². The zero-order valence-corrected chi connectivity index (χ0v) is 21.6. The lowest BCUT2D eigenvalue weighted by Crippen LogP contribution is -2.45. The summed E-state index contributed by atoms with van der Waals surface area (Å²) in [5.74, 6) is -0.601. The van der Waals surface area contributed by atoms with Gasteiger partial charge in [0.2, 0.25) is 0 Å². The smallest absolute Gasteiger partial charge is 0.320 e. The van der Waals surface area contributed by atoms with Crippen LogP contribution in [0.3, 0.4) is 0 Å². The highest BCUT2D eigenvalue weighted by Crippen LogP contribution is 2.32. The Morgan fingerprint density at radius 1 is 1.23 bits per heavy atom. The summed E-state index contributed by atoms with van der Waals surface area (Å²) < 4.78 is 25.3. The minimum Gasteiger partial charge on any atom is -0.496 e. The van der Waals surface area contributed by atoms with E-state index >= 15 is 0 Å². The van der Waals surface area contributed by atoms with Crippen LogP contribution in [-0.4, -0.2) is 58.9 Å². The number of methoxy groups -OCH3 is 2. The number of carboxylic acid groups (broad SMARTS) is 1. The van der Waals surface area contributed by atoms with Crippen molar-refractivity contribution in [1.82, 2.24) is 14.9 Å². The van der Waals surface area contributed by atoms with Crippen LogP contribution in [0.1, 0.15) is 33.3 Å². The first-order chi connectivity index (χ1) is 16.8. The third kappa shape index (κ3) is 6.78. The van der Waals surface area contributed by atoms with E-state index in [-0.39, 0.29) is 23.3 Å². The van der Waals surface area contributed by atoms with Crippen molar-refractivity contribution in [3.8, 4) is 5.75 Å². The lowest BCUT2D eigenvalue weighted by atomic mass is 10.1. The van der Waals surface area contributed by atoms with E-state index in [1.54, 1.807) is 32.2 Å². The Labute approximate surface area is 210 Å². The van der Waals surface area contributed by atoms with Crippen LogP contribution in [0.25, 0.3) is 10.9 Å². The summed E-state index contributed by atoms with van der Waals surface area (Å²) in [5.41, 5.74) is 1.48. The molecule has 2 aromatic carbocycles. The van der Waals surface area contributed by atoms with E-state index in [9.17, 15) is 14.3 Å². The minimum absolute atomic E-state index is 0.00819. The number of halogens is 2. The van der Waals surface area contributed by atoms with Crippen LogP contribution >= 0.6 is 11.6 Å². The summed E-state index contributed by atoms with van der Waals surface area (Å²) in [4.78, 5) is 22.1. The van der Waals surface area contributed by atoms with Gasteiger partial charge in [-0.25, -0.2) is 14.4 Å². The predicted octanol–water partition coefficient (Wildman–Crippen LogP) is 5.51. The van der Waals surface area contributed by atoms with Gasteiger partial charge in [-0.15, -0.1) is 0 Å². The second-order valence-electron chi connectivity index (χ2n) is 7.62. The van der Waals surface area contributed by atoms with Gasteiger partial charge >= 0.3 is 5.97 Å². The van der Waals surface area contributed by atoms with Crippen LogP contribution in [-0.2, 0) is 16.1 Å². The predicted molar refractivity (Wildman–Crippen MR) is 136 cm³/mol. The van der Waals surface area contributed by atoms with Crippen molar-refractivity contribution in [3.05, 3.63) is 53.1 Å². The van der Waals surface area contributed by atoms with E-state index in [1.165, 1.54) is 19.5 Å². The third-order valence-electron chi connectivity index (χ3n) is 5.42. The molecule has 8 nitrogen and oxygen atoms in total. The van der Waals surface area contributed by atoms with Crippen molar-refractivity contribution < 1.29 is 23.8 Å². The summed E-state index contributed by atoms with van der Waals surface area (Å²) >= 11 is 5.90. The van der Waals surface area contributed by atoms with Gasteiger partial charge in [0.05, 0.1) is 29.9 Å². The SMILES string of the molecule is CC.COCC(C)N(Cc1cc2c(Nc3cccc(Cl)c3F)ncnc2cc1OC)[C@H](C)C(=O)O.